The number of halogens is 6. The summed E-state index contributed by atoms with van der Waals surface area (Å²) >= 11 is 5.96. The van der Waals surface area contributed by atoms with Crippen molar-refractivity contribution in [3.8, 4) is 0 Å². The summed E-state index contributed by atoms with van der Waals surface area (Å²) in [7, 11) is 0. The van der Waals surface area contributed by atoms with E-state index in [1.165, 1.54) is 6.21 Å². The second-order valence-electron chi connectivity index (χ2n) is 5.41. The van der Waals surface area contributed by atoms with Crippen LogP contribution < -0.4 is 0 Å². The largest absolute Gasteiger partial charge is 0.417 e. The minimum atomic E-state index is -4.73. The molecule has 1 atom stereocenters. The van der Waals surface area contributed by atoms with Crippen LogP contribution in [0, 0.1) is 11.6 Å². The molecule has 1 aliphatic heterocycles. The molecule has 1 aliphatic rings. The zero-order chi connectivity index (χ0) is 18.4. The predicted octanol–water partition coefficient (Wildman–Crippen LogP) is 5.58. The van der Waals surface area contributed by atoms with E-state index in [0.717, 1.165) is 30.3 Å². The maximum absolute atomic E-state index is 14.2. The van der Waals surface area contributed by atoms with Gasteiger partial charge in [-0.05, 0) is 31.2 Å². The monoisotopic (exact) mass is 372 g/mol. The minimum absolute atomic E-state index is 0.0590. The van der Waals surface area contributed by atoms with Crippen LogP contribution in [0.1, 0.15) is 23.6 Å². The van der Waals surface area contributed by atoms with Gasteiger partial charge in [0, 0.05) is 11.8 Å². The number of rotatable bonds is 1. The van der Waals surface area contributed by atoms with Gasteiger partial charge in [-0.1, -0.05) is 17.7 Å². The lowest BCUT2D eigenvalue weighted by atomic mass is 9.97. The Balaban J connectivity index is 2.37. The highest BCUT2D eigenvalue weighted by molar-refractivity contribution is 6.37. The molecule has 0 amide bonds. The van der Waals surface area contributed by atoms with Crippen LogP contribution in [0.3, 0.4) is 0 Å². The zero-order valence-electron chi connectivity index (χ0n) is 12.7. The normalized spacial score (nSPS) is 17.1. The van der Waals surface area contributed by atoms with Crippen LogP contribution in [0.15, 0.2) is 40.3 Å². The zero-order valence-corrected chi connectivity index (χ0v) is 13.5. The molecule has 0 spiro atoms. The maximum Gasteiger partial charge on any atom is 0.417 e. The Morgan fingerprint density at radius 3 is 2.24 bits per heavy atom. The molecule has 3 rings (SSSR count). The van der Waals surface area contributed by atoms with E-state index in [4.69, 9.17) is 11.6 Å². The average Bonchev–Trinajstić information content (AvgIpc) is 2.66. The van der Waals surface area contributed by atoms with Crippen molar-refractivity contribution in [1.29, 1.82) is 0 Å². The first-order chi connectivity index (χ1) is 11.7. The van der Waals surface area contributed by atoms with Gasteiger partial charge in [-0.25, -0.2) is 8.78 Å². The van der Waals surface area contributed by atoms with Crippen LogP contribution in [0.4, 0.5) is 27.6 Å². The van der Waals surface area contributed by atoms with Crippen LogP contribution in [0.5, 0.6) is 0 Å². The van der Waals surface area contributed by atoms with Crippen molar-refractivity contribution >= 4 is 29.2 Å². The smallest absolute Gasteiger partial charge is 0.275 e. The van der Waals surface area contributed by atoms with Gasteiger partial charge in [0.15, 0.2) is 0 Å². The Hall–Kier alpha value is -2.28. The van der Waals surface area contributed by atoms with Crippen LogP contribution in [-0.2, 0) is 6.18 Å². The highest BCUT2D eigenvalue weighted by Gasteiger charge is 2.36. The van der Waals surface area contributed by atoms with Gasteiger partial charge >= 0.3 is 6.18 Å². The topological polar surface area (TPSA) is 24.7 Å². The second-order valence-corrected chi connectivity index (χ2v) is 5.79. The summed E-state index contributed by atoms with van der Waals surface area (Å²) in [5.41, 5.74) is -2.15. The molecule has 0 saturated heterocycles. The number of benzene rings is 2. The number of hydrogen-bond donors (Lipinski definition) is 0. The summed E-state index contributed by atoms with van der Waals surface area (Å²) in [6.07, 6.45) is -3.36. The Morgan fingerprint density at radius 2 is 1.64 bits per heavy atom. The van der Waals surface area contributed by atoms with E-state index in [9.17, 15) is 22.0 Å². The first kappa shape index (κ1) is 17.5. The fourth-order valence-electron chi connectivity index (χ4n) is 2.52. The minimum Gasteiger partial charge on any atom is -0.275 e. The van der Waals surface area contributed by atoms with Crippen molar-refractivity contribution in [2.75, 3.05) is 0 Å². The highest BCUT2D eigenvalue weighted by Crippen LogP contribution is 2.41. The molecule has 8 heteroatoms. The molecule has 2 aromatic rings. The first-order valence-electron chi connectivity index (χ1n) is 7.16. The SMILES string of the molecule is C[C@H]1C=Nc2ccc(C(F)(F)F)c(Cl)c2C(c2c(F)cccc2F)=N1. The summed E-state index contributed by atoms with van der Waals surface area (Å²) in [6.45, 7) is 1.59. The molecule has 0 N–H and O–H groups in total. The van der Waals surface area contributed by atoms with Crippen molar-refractivity contribution < 1.29 is 22.0 Å². The third-order valence-corrected chi connectivity index (χ3v) is 4.02. The molecule has 2 nitrogen and oxygen atoms in total. The van der Waals surface area contributed by atoms with E-state index in [1.54, 1.807) is 6.92 Å². The standard InChI is InChI=1S/C17H10ClF5N2/c1-8-7-24-12-6-5-9(17(21,22)23)15(18)14(12)16(25-8)13-10(19)3-2-4-11(13)20/h2-8H,1H3/t8-/m0/s1. The highest BCUT2D eigenvalue weighted by atomic mass is 35.5. The third-order valence-electron chi connectivity index (χ3n) is 3.62. The number of hydrogen-bond acceptors (Lipinski definition) is 2. The van der Waals surface area contributed by atoms with Gasteiger partial charge < -0.3 is 0 Å². The van der Waals surface area contributed by atoms with E-state index in [-0.39, 0.29) is 17.0 Å². The van der Waals surface area contributed by atoms with Crippen molar-refractivity contribution in [2.24, 2.45) is 9.98 Å². The van der Waals surface area contributed by atoms with E-state index in [1.807, 2.05) is 0 Å². The van der Waals surface area contributed by atoms with Gasteiger partial charge in [-0.2, -0.15) is 13.2 Å². The summed E-state index contributed by atoms with van der Waals surface area (Å²) in [5, 5.41) is -0.697. The Kier molecular flexibility index (Phi) is 4.36. The molecular formula is C17H10ClF5N2. The van der Waals surface area contributed by atoms with Gasteiger partial charge in [0.05, 0.1) is 33.6 Å². The molecule has 0 radical (unpaired) electrons. The van der Waals surface area contributed by atoms with Crippen LogP contribution in [0.25, 0.3) is 0 Å². The number of aliphatic imine (C=N–C) groups is 2. The molecule has 0 unspecified atom stereocenters. The number of nitrogens with zero attached hydrogens (tertiary/aromatic N) is 2. The quantitative estimate of drug-likeness (QED) is 0.584. The molecule has 0 saturated carbocycles. The Labute approximate surface area is 144 Å². The molecule has 0 bridgehead atoms. The van der Waals surface area contributed by atoms with Gasteiger partial charge in [0.1, 0.15) is 11.6 Å². The molecule has 130 valence electrons. The summed E-state index contributed by atoms with van der Waals surface area (Å²) < 4.78 is 68.0. The van der Waals surface area contributed by atoms with Gasteiger partial charge in [-0.15, -0.1) is 0 Å². The van der Waals surface area contributed by atoms with Crippen LogP contribution in [-0.4, -0.2) is 18.0 Å². The molecule has 0 aliphatic carbocycles. The number of fused-ring (bicyclic) bond motifs is 1. The lowest BCUT2D eigenvalue weighted by molar-refractivity contribution is -0.137. The molecular weight excluding hydrogens is 363 g/mol. The average molecular weight is 373 g/mol. The Bertz CT molecular complexity index is 882. The van der Waals surface area contributed by atoms with Crippen molar-refractivity contribution in [1.82, 2.24) is 0 Å². The first-order valence-corrected chi connectivity index (χ1v) is 7.54. The predicted molar refractivity (Wildman–Crippen MR) is 86.1 cm³/mol. The molecule has 1 heterocycles. The molecule has 0 fully saturated rings. The van der Waals surface area contributed by atoms with Gasteiger partial charge in [0.2, 0.25) is 0 Å². The summed E-state index contributed by atoms with van der Waals surface area (Å²) in [4.78, 5) is 8.18. The van der Waals surface area contributed by atoms with E-state index >= 15 is 0 Å². The van der Waals surface area contributed by atoms with Gasteiger partial charge in [0.25, 0.3) is 0 Å². The van der Waals surface area contributed by atoms with Crippen LogP contribution in [0.2, 0.25) is 5.02 Å². The second kappa shape index (κ2) is 6.22. The molecule has 0 aromatic heterocycles. The fraction of sp³-hybridized carbons (Fsp3) is 0.176. The fourth-order valence-corrected chi connectivity index (χ4v) is 2.88. The van der Waals surface area contributed by atoms with Crippen LogP contribution >= 0.6 is 11.6 Å². The van der Waals surface area contributed by atoms with E-state index in [0.29, 0.717) is 0 Å². The summed E-state index contributed by atoms with van der Waals surface area (Å²) in [6, 6.07) is 4.43. The van der Waals surface area contributed by atoms with E-state index in [2.05, 4.69) is 9.98 Å². The van der Waals surface area contributed by atoms with E-state index < -0.39 is 40.0 Å². The molecule has 25 heavy (non-hydrogen) atoms. The van der Waals surface area contributed by atoms with Gasteiger partial charge in [-0.3, -0.25) is 9.98 Å². The summed E-state index contributed by atoms with van der Waals surface area (Å²) in [5.74, 6) is -1.90. The lowest BCUT2D eigenvalue weighted by Gasteiger charge is -2.16. The number of alkyl halides is 3. The maximum atomic E-state index is 14.2. The third kappa shape index (κ3) is 3.16. The van der Waals surface area contributed by atoms with Crippen molar-refractivity contribution in [2.45, 2.75) is 19.1 Å². The lowest BCUT2D eigenvalue weighted by Crippen LogP contribution is -2.15. The Morgan fingerprint density at radius 1 is 1.00 bits per heavy atom. The molecule has 2 aromatic carbocycles. The van der Waals surface area contributed by atoms with Crippen molar-refractivity contribution in [3.63, 3.8) is 0 Å². The van der Waals surface area contributed by atoms with Crippen molar-refractivity contribution in [3.05, 3.63) is 63.7 Å².